The van der Waals surface area contributed by atoms with Gasteiger partial charge in [0.1, 0.15) is 12.3 Å². The summed E-state index contributed by atoms with van der Waals surface area (Å²) in [4.78, 5) is 39.0. The fourth-order valence-corrected chi connectivity index (χ4v) is 3.51. The second kappa shape index (κ2) is 7.55. The number of carbonyl (C=O) groups excluding carboxylic acids is 3. The number of hydrogen-bond donors (Lipinski definition) is 1. The van der Waals surface area contributed by atoms with Crippen LogP contribution in [-0.4, -0.2) is 60.4 Å². The topological polar surface area (TPSA) is 79.0 Å². The first-order chi connectivity index (χ1) is 12.1. The number of urea groups is 1. The number of nitrogens with one attached hydrogen (secondary N) is 1. The van der Waals surface area contributed by atoms with E-state index in [2.05, 4.69) is 5.32 Å². The highest BCUT2D eigenvalue weighted by Gasteiger charge is 2.32. The minimum absolute atomic E-state index is 0.0154. The first-order valence-corrected chi connectivity index (χ1v) is 8.58. The highest BCUT2D eigenvalue weighted by atomic mass is 16.5. The molecule has 2 fully saturated rings. The molecule has 0 saturated carbocycles. The number of para-hydroxylation sites is 1. The average Bonchev–Trinajstić information content (AvgIpc) is 3.06. The zero-order valence-electron chi connectivity index (χ0n) is 14.4. The SMILES string of the molecule is COc1ccccc1C[C@H]1CCCN1C(=O)CN1CCC(=O)NC1=O. The first kappa shape index (κ1) is 17.3. The zero-order valence-corrected chi connectivity index (χ0v) is 14.4. The molecule has 7 nitrogen and oxygen atoms in total. The van der Waals surface area contributed by atoms with Gasteiger partial charge in [0, 0.05) is 25.6 Å². The zero-order chi connectivity index (χ0) is 17.8. The van der Waals surface area contributed by atoms with Crippen molar-refractivity contribution >= 4 is 17.8 Å². The van der Waals surface area contributed by atoms with Crippen LogP contribution in [0.25, 0.3) is 0 Å². The van der Waals surface area contributed by atoms with E-state index in [0.29, 0.717) is 13.1 Å². The molecule has 1 N–H and O–H groups in total. The minimum atomic E-state index is -0.481. The van der Waals surface area contributed by atoms with Crippen LogP contribution < -0.4 is 10.1 Å². The van der Waals surface area contributed by atoms with Crippen LogP contribution in [0.2, 0.25) is 0 Å². The molecular weight excluding hydrogens is 322 g/mol. The number of imide groups is 1. The molecule has 0 aliphatic carbocycles. The van der Waals surface area contributed by atoms with Crippen molar-refractivity contribution in [3.63, 3.8) is 0 Å². The van der Waals surface area contributed by atoms with Gasteiger partial charge in [-0.25, -0.2) is 4.79 Å². The molecule has 0 bridgehead atoms. The molecule has 2 heterocycles. The van der Waals surface area contributed by atoms with Crippen LogP contribution in [-0.2, 0) is 16.0 Å². The number of hydrogen-bond acceptors (Lipinski definition) is 4. The third-order valence-corrected chi connectivity index (χ3v) is 4.81. The van der Waals surface area contributed by atoms with Crippen LogP contribution >= 0.6 is 0 Å². The predicted molar refractivity (Wildman–Crippen MR) is 91.2 cm³/mol. The maximum Gasteiger partial charge on any atom is 0.324 e. The molecule has 25 heavy (non-hydrogen) atoms. The second-order valence-electron chi connectivity index (χ2n) is 6.42. The third-order valence-electron chi connectivity index (χ3n) is 4.81. The summed E-state index contributed by atoms with van der Waals surface area (Å²) < 4.78 is 5.40. The van der Waals surface area contributed by atoms with Gasteiger partial charge in [0.25, 0.3) is 0 Å². The molecule has 4 amide bonds. The molecule has 3 rings (SSSR count). The summed E-state index contributed by atoms with van der Waals surface area (Å²) in [5.41, 5.74) is 1.08. The Bertz CT molecular complexity index is 676. The van der Waals surface area contributed by atoms with E-state index >= 15 is 0 Å². The van der Waals surface area contributed by atoms with E-state index in [1.54, 1.807) is 7.11 Å². The Labute approximate surface area is 146 Å². The number of nitrogens with zero attached hydrogens (tertiary/aromatic N) is 2. The molecule has 0 spiro atoms. The van der Waals surface area contributed by atoms with E-state index in [4.69, 9.17) is 4.74 Å². The lowest BCUT2D eigenvalue weighted by Gasteiger charge is -2.30. The number of methoxy groups -OCH3 is 1. The maximum absolute atomic E-state index is 12.7. The fourth-order valence-electron chi connectivity index (χ4n) is 3.51. The van der Waals surface area contributed by atoms with E-state index < -0.39 is 6.03 Å². The number of carbonyl (C=O) groups is 3. The summed E-state index contributed by atoms with van der Waals surface area (Å²) in [5, 5.41) is 2.25. The molecular formula is C18H23N3O4. The Hall–Kier alpha value is -2.57. The highest BCUT2D eigenvalue weighted by molar-refractivity contribution is 5.98. The van der Waals surface area contributed by atoms with Crippen molar-refractivity contribution < 1.29 is 19.1 Å². The summed E-state index contributed by atoms with van der Waals surface area (Å²) in [6.07, 6.45) is 2.87. The Morgan fingerprint density at radius 2 is 2.08 bits per heavy atom. The molecule has 1 atom stereocenters. The summed E-state index contributed by atoms with van der Waals surface area (Å²) in [5.74, 6) is 0.474. The van der Waals surface area contributed by atoms with Gasteiger partial charge in [0.15, 0.2) is 0 Å². The van der Waals surface area contributed by atoms with Gasteiger partial charge < -0.3 is 14.5 Å². The van der Waals surface area contributed by atoms with Crippen molar-refractivity contribution in [2.75, 3.05) is 26.7 Å². The first-order valence-electron chi connectivity index (χ1n) is 8.58. The Morgan fingerprint density at radius 1 is 1.28 bits per heavy atom. The summed E-state index contributed by atoms with van der Waals surface area (Å²) in [6, 6.07) is 7.46. The molecule has 2 aliphatic rings. The standard InChI is InChI=1S/C18H23N3O4/c1-25-15-7-3-2-5-13(15)11-14-6-4-9-21(14)17(23)12-20-10-8-16(22)19-18(20)24/h2-3,5,7,14H,4,6,8-12H2,1H3,(H,19,22,24)/t14-/m1/s1. The van der Waals surface area contributed by atoms with E-state index in [9.17, 15) is 14.4 Å². The number of likely N-dealkylation sites (tertiary alicyclic amines) is 1. The molecule has 2 aliphatic heterocycles. The van der Waals surface area contributed by atoms with Crippen molar-refractivity contribution in [1.29, 1.82) is 0 Å². The number of amides is 4. The molecule has 1 aromatic carbocycles. The van der Waals surface area contributed by atoms with Crippen molar-refractivity contribution in [2.24, 2.45) is 0 Å². The van der Waals surface area contributed by atoms with Gasteiger partial charge in [0.05, 0.1) is 7.11 Å². The monoisotopic (exact) mass is 345 g/mol. The number of ether oxygens (including phenoxy) is 1. The van der Waals surface area contributed by atoms with Crippen molar-refractivity contribution in [1.82, 2.24) is 15.1 Å². The number of rotatable bonds is 5. The minimum Gasteiger partial charge on any atom is -0.496 e. The summed E-state index contributed by atoms with van der Waals surface area (Å²) in [7, 11) is 1.65. The molecule has 134 valence electrons. The van der Waals surface area contributed by atoms with Gasteiger partial charge in [-0.1, -0.05) is 18.2 Å². The van der Waals surface area contributed by atoms with Gasteiger partial charge in [0.2, 0.25) is 11.8 Å². The Kier molecular flexibility index (Phi) is 5.21. The quantitative estimate of drug-likeness (QED) is 0.869. The van der Waals surface area contributed by atoms with Crippen LogP contribution in [0.15, 0.2) is 24.3 Å². The van der Waals surface area contributed by atoms with E-state index in [0.717, 1.165) is 30.6 Å². The van der Waals surface area contributed by atoms with E-state index in [1.807, 2.05) is 29.2 Å². The van der Waals surface area contributed by atoms with Crippen LogP contribution in [0.4, 0.5) is 4.79 Å². The van der Waals surface area contributed by atoms with Gasteiger partial charge in [-0.15, -0.1) is 0 Å². The van der Waals surface area contributed by atoms with Crippen LogP contribution in [0.5, 0.6) is 5.75 Å². The molecule has 1 aromatic rings. The van der Waals surface area contributed by atoms with Crippen LogP contribution in [0.1, 0.15) is 24.8 Å². The molecule has 2 saturated heterocycles. The lowest BCUT2D eigenvalue weighted by molar-refractivity contribution is -0.133. The van der Waals surface area contributed by atoms with E-state index in [-0.39, 0.29) is 30.8 Å². The van der Waals surface area contributed by atoms with Crippen molar-refractivity contribution in [2.45, 2.75) is 31.7 Å². The fraction of sp³-hybridized carbons (Fsp3) is 0.500. The molecule has 0 unspecified atom stereocenters. The predicted octanol–water partition coefficient (Wildman–Crippen LogP) is 1.17. The lowest BCUT2D eigenvalue weighted by Crippen LogP contribution is -2.53. The summed E-state index contributed by atoms with van der Waals surface area (Å²) >= 11 is 0. The molecule has 7 heteroatoms. The smallest absolute Gasteiger partial charge is 0.324 e. The molecule has 0 aromatic heterocycles. The molecule has 0 radical (unpaired) electrons. The normalized spacial score (nSPS) is 20.6. The lowest BCUT2D eigenvalue weighted by atomic mass is 10.0. The highest BCUT2D eigenvalue weighted by Crippen LogP contribution is 2.26. The van der Waals surface area contributed by atoms with Crippen molar-refractivity contribution in [3.8, 4) is 5.75 Å². The number of benzene rings is 1. The maximum atomic E-state index is 12.7. The summed E-state index contributed by atoms with van der Waals surface area (Å²) in [6.45, 7) is 1.01. The Balaban J connectivity index is 1.64. The van der Waals surface area contributed by atoms with Gasteiger partial charge >= 0.3 is 6.03 Å². The largest absolute Gasteiger partial charge is 0.496 e. The Morgan fingerprint density at radius 3 is 2.84 bits per heavy atom. The second-order valence-corrected chi connectivity index (χ2v) is 6.42. The average molecular weight is 345 g/mol. The van der Waals surface area contributed by atoms with Crippen molar-refractivity contribution in [3.05, 3.63) is 29.8 Å². The van der Waals surface area contributed by atoms with Gasteiger partial charge in [-0.3, -0.25) is 14.9 Å². The van der Waals surface area contributed by atoms with Gasteiger partial charge in [-0.05, 0) is 30.9 Å². The van der Waals surface area contributed by atoms with E-state index in [1.165, 1.54) is 4.90 Å². The van der Waals surface area contributed by atoms with Crippen LogP contribution in [0.3, 0.4) is 0 Å². The van der Waals surface area contributed by atoms with Crippen LogP contribution in [0, 0.1) is 0 Å². The van der Waals surface area contributed by atoms with Gasteiger partial charge in [-0.2, -0.15) is 0 Å². The third kappa shape index (κ3) is 3.92.